The summed E-state index contributed by atoms with van der Waals surface area (Å²) in [6.45, 7) is 5.06. The molecule has 0 aliphatic rings. The number of aryl methyl sites for hydroxylation is 2. The van der Waals surface area contributed by atoms with Gasteiger partial charge in [-0.1, -0.05) is 0 Å². The molecule has 1 nitrogen and oxygen atoms in total. The largest absolute Gasteiger partial charge is 0.330 e. The Morgan fingerprint density at radius 2 is 2.20 bits per heavy atom. The van der Waals surface area contributed by atoms with E-state index >= 15 is 0 Å². The monoisotopic (exact) mass is 155 g/mol. The second-order valence-corrected chi connectivity index (χ2v) is 3.83. The Balaban J connectivity index is 2.77. The van der Waals surface area contributed by atoms with E-state index in [1.165, 1.54) is 15.3 Å². The average Bonchev–Trinajstić information content (AvgIpc) is 2.14. The van der Waals surface area contributed by atoms with Crippen molar-refractivity contribution in [2.75, 3.05) is 6.54 Å². The van der Waals surface area contributed by atoms with Crippen LogP contribution < -0.4 is 5.73 Å². The summed E-state index contributed by atoms with van der Waals surface area (Å²) in [6, 6.07) is 2.23. The first-order valence-corrected chi connectivity index (χ1v) is 4.31. The minimum Gasteiger partial charge on any atom is -0.330 e. The van der Waals surface area contributed by atoms with Crippen molar-refractivity contribution in [1.82, 2.24) is 0 Å². The quantitative estimate of drug-likeness (QED) is 0.693. The molecule has 0 spiro atoms. The van der Waals surface area contributed by atoms with Crippen molar-refractivity contribution in [2.24, 2.45) is 5.73 Å². The van der Waals surface area contributed by atoms with Crippen LogP contribution in [0.15, 0.2) is 6.07 Å². The molecule has 0 radical (unpaired) electrons. The van der Waals surface area contributed by atoms with E-state index in [-0.39, 0.29) is 0 Å². The summed E-state index contributed by atoms with van der Waals surface area (Å²) in [5.41, 5.74) is 6.82. The molecule has 0 saturated heterocycles. The lowest BCUT2D eigenvalue weighted by Crippen LogP contribution is -2.00. The summed E-state index contributed by atoms with van der Waals surface area (Å²) in [5, 5.41) is 0. The molecule has 10 heavy (non-hydrogen) atoms. The highest BCUT2D eigenvalue weighted by atomic mass is 32.1. The van der Waals surface area contributed by atoms with Crippen molar-refractivity contribution in [2.45, 2.75) is 20.3 Å². The second-order valence-electron chi connectivity index (χ2n) is 2.49. The zero-order valence-corrected chi connectivity index (χ0v) is 7.29. The normalized spacial score (nSPS) is 10.3. The van der Waals surface area contributed by atoms with Crippen molar-refractivity contribution in [3.05, 3.63) is 21.4 Å². The van der Waals surface area contributed by atoms with Gasteiger partial charge in [0.1, 0.15) is 0 Å². The third kappa shape index (κ3) is 1.58. The van der Waals surface area contributed by atoms with Crippen molar-refractivity contribution in [3.63, 3.8) is 0 Å². The summed E-state index contributed by atoms with van der Waals surface area (Å²) >= 11 is 1.86. The van der Waals surface area contributed by atoms with E-state index in [4.69, 9.17) is 5.73 Å². The second kappa shape index (κ2) is 3.17. The maximum Gasteiger partial charge on any atom is 0.00633 e. The maximum absolute atomic E-state index is 5.43. The first-order valence-electron chi connectivity index (χ1n) is 3.50. The Morgan fingerprint density at radius 1 is 1.50 bits per heavy atom. The summed E-state index contributed by atoms with van der Waals surface area (Å²) in [7, 11) is 0. The molecule has 0 aliphatic carbocycles. The van der Waals surface area contributed by atoms with Gasteiger partial charge in [-0.3, -0.25) is 0 Å². The number of hydrogen-bond donors (Lipinski definition) is 1. The molecule has 0 fully saturated rings. The summed E-state index contributed by atoms with van der Waals surface area (Å²) in [6.07, 6.45) is 1.03. The van der Waals surface area contributed by atoms with Gasteiger partial charge in [0, 0.05) is 9.75 Å². The molecule has 2 N–H and O–H groups in total. The van der Waals surface area contributed by atoms with Gasteiger partial charge < -0.3 is 5.73 Å². The van der Waals surface area contributed by atoms with E-state index in [0.717, 1.165) is 13.0 Å². The van der Waals surface area contributed by atoms with E-state index in [0.29, 0.717) is 0 Å². The molecule has 1 aromatic rings. The van der Waals surface area contributed by atoms with E-state index in [1.807, 2.05) is 11.3 Å². The molecule has 56 valence electrons. The Bertz CT molecular complexity index is 196. The molecule has 0 atom stereocenters. The number of hydrogen-bond acceptors (Lipinski definition) is 2. The molecular formula is C8H13NS. The minimum absolute atomic E-state index is 0.763. The molecule has 0 saturated carbocycles. The standard InChI is InChI=1S/C8H13NS/c1-6-5-8(3-4-9)10-7(6)2/h5H,3-4,9H2,1-2H3. The molecule has 1 aromatic heterocycles. The van der Waals surface area contributed by atoms with Gasteiger partial charge in [0.2, 0.25) is 0 Å². The van der Waals surface area contributed by atoms with E-state index in [1.54, 1.807) is 0 Å². The average molecular weight is 155 g/mol. The third-order valence-electron chi connectivity index (χ3n) is 1.61. The molecule has 1 heterocycles. The Kier molecular flexibility index (Phi) is 2.46. The lowest BCUT2D eigenvalue weighted by atomic mass is 10.2. The van der Waals surface area contributed by atoms with Gasteiger partial charge in [0.05, 0.1) is 0 Å². The minimum atomic E-state index is 0.763. The Hall–Kier alpha value is -0.340. The summed E-state index contributed by atoms with van der Waals surface area (Å²) < 4.78 is 0. The van der Waals surface area contributed by atoms with Crippen LogP contribution in [0.5, 0.6) is 0 Å². The van der Waals surface area contributed by atoms with Gasteiger partial charge >= 0.3 is 0 Å². The fourth-order valence-corrected chi connectivity index (χ4v) is 1.98. The highest BCUT2D eigenvalue weighted by Gasteiger charge is 1.98. The zero-order valence-electron chi connectivity index (χ0n) is 6.48. The molecule has 0 amide bonds. The predicted octanol–water partition coefficient (Wildman–Crippen LogP) is 1.87. The van der Waals surface area contributed by atoms with E-state index in [2.05, 4.69) is 19.9 Å². The van der Waals surface area contributed by atoms with Gasteiger partial charge in [-0.05, 0) is 38.4 Å². The smallest absolute Gasteiger partial charge is 0.00633 e. The lowest BCUT2D eigenvalue weighted by molar-refractivity contribution is 0.988. The molecule has 1 rings (SSSR count). The van der Waals surface area contributed by atoms with Crippen LogP contribution in [0.4, 0.5) is 0 Å². The predicted molar refractivity (Wildman–Crippen MR) is 46.6 cm³/mol. The van der Waals surface area contributed by atoms with Gasteiger partial charge in [-0.15, -0.1) is 11.3 Å². The first-order chi connectivity index (χ1) is 4.74. The molecular weight excluding hydrogens is 142 g/mol. The Labute approximate surface area is 65.9 Å². The van der Waals surface area contributed by atoms with Crippen LogP contribution in [-0.4, -0.2) is 6.54 Å². The van der Waals surface area contributed by atoms with Crippen molar-refractivity contribution >= 4 is 11.3 Å². The van der Waals surface area contributed by atoms with Gasteiger partial charge in [0.15, 0.2) is 0 Å². The highest BCUT2D eigenvalue weighted by molar-refractivity contribution is 7.12. The first kappa shape index (κ1) is 7.76. The van der Waals surface area contributed by atoms with Crippen LogP contribution in [0.1, 0.15) is 15.3 Å². The highest BCUT2D eigenvalue weighted by Crippen LogP contribution is 2.20. The third-order valence-corrected chi connectivity index (χ3v) is 2.82. The zero-order chi connectivity index (χ0) is 7.56. The van der Waals surface area contributed by atoms with Crippen molar-refractivity contribution in [3.8, 4) is 0 Å². The fourth-order valence-electron chi connectivity index (χ4n) is 0.915. The number of nitrogens with two attached hydrogens (primary N) is 1. The van der Waals surface area contributed by atoms with Gasteiger partial charge in [0.25, 0.3) is 0 Å². The van der Waals surface area contributed by atoms with Crippen molar-refractivity contribution < 1.29 is 0 Å². The topological polar surface area (TPSA) is 26.0 Å². The summed E-state index contributed by atoms with van der Waals surface area (Å²) in [4.78, 5) is 2.83. The summed E-state index contributed by atoms with van der Waals surface area (Å²) in [5.74, 6) is 0. The van der Waals surface area contributed by atoms with Crippen molar-refractivity contribution in [1.29, 1.82) is 0 Å². The molecule has 0 aromatic carbocycles. The van der Waals surface area contributed by atoms with Crippen LogP contribution in [0, 0.1) is 13.8 Å². The van der Waals surface area contributed by atoms with Crippen LogP contribution in [0.2, 0.25) is 0 Å². The molecule has 0 unspecified atom stereocenters. The van der Waals surface area contributed by atoms with Crippen LogP contribution in [0.3, 0.4) is 0 Å². The van der Waals surface area contributed by atoms with E-state index in [9.17, 15) is 0 Å². The van der Waals surface area contributed by atoms with Gasteiger partial charge in [-0.2, -0.15) is 0 Å². The number of rotatable bonds is 2. The molecule has 0 bridgehead atoms. The molecule has 0 aliphatic heterocycles. The van der Waals surface area contributed by atoms with Crippen LogP contribution in [0.25, 0.3) is 0 Å². The van der Waals surface area contributed by atoms with Crippen LogP contribution in [-0.2, 0) is 6.42 Å². The SMILES string of the molecule is Cc1cc(CCN)sc1C. The lowest BCUT2D eigenvalue weighted by Gasteiger charge is -1.87. The van der Waals surface area contributed by atoms with Crippen LogP contribution >= 0.6 is 11.3 Å². The van der Waals surface area contributed by atoms with E-state index < -0.39 is 0 Å². The Morgan fingerprint density at radius 3 is 2.60 bits per heavy atom. The van der Waals surface area contributed by atoms with Gasteiger partial charge in [-0.25, -0.2) is 0 Å². The molecule has 2 heteroatoms. The fraction of sp³-hybridized carbons (Fsp3) is 0.500. The number of thiophene rings is 1. The maximum atomic E-state index is 5.43.